The molecule has 0 N–H and O–H groups in total. The van der Waals surface area contributed by atoms with Crippen molar-refractivity contribution in [1.82, 2.24) is 0 Å². The molecule has 3 aromatic rings. The summed E-state index contributed by atoms with van der Waals surface area (Å²) in [5.41, 5.74) is 0.994. The second-order valence-corrected chi connectivity index (χ2v) is 8.27. The van der Waals surface area contributed by atoms with Gasteiger partial charge < -0.3 is 9.47 Å². The van der Waals surface area contributed by atoms with Crippen LogP contribution >= 0.6 is 0 Å². The molecule has 0 aliphatic rings. The Balaban J connectivity index is 1.62. The maximum atomic E-state index is 14.6. The normalized spacial score (nSPS) is 11.9. The van der Waals surface area contributed by atoms with Crippen LogP contribution in [0.4, 0.5) is 17.6 Å². The van der Waals surface area contributed by atoms with Crippen molar-refractivity contribution in [2.75, 3.05) is 0 Å². The van der Waals surface area contributed by atoms with Gasteiger partial charge in [-0.05, 0) is 78.9 Å². The summed E-state index contributed by atoms with van der Waals surface area (Å²) in [5, 5.41) is 0. The molecule has 3 aromatic carbocycles. The van der Waals surface area contributed by atoms with Crippen LogP contribution in [0.2, 0.25) is 0 Å². The zero-order chi connectivity index (χ0) is 24.6. The standard InChI is InChI=1S/C28H30F4O2/c1-3-5-6-7-8-22-11-19-26(20-12-22)34-28(31,32)24-15-13-23(14-16-24)27(29,30)33-25-17-9-21(4-2)10-18-25/h9-20H,3-8H2,1-2H3. The highest BCUT2D eigenvalue weighted by atomic mass is 19.3. The zero-order valence-corrected chi connectivity index (χ0v) is 19.5. The number of ether oxygens (including phenoxy) is 2. The summed E-state index contributed by atoms with van der Waals surface area (Å²) in [6.45, 7) is 4.10. The first-order valence-corrected chi connectivity index (χ1v) is 11.7. The Morgan fingerprint density at radius 1 is 0.559 bits per heavy atom. The number of unbranched alkanes of at least 4 members (excludes halogenated alkanes) is 3. The zero-order valence-electron chi connectivity index (χ0n) is 19.5. The SMILES string of the molecule is CCCCCCc1ccc(OC(F)(F)c2ccc(C(F)(F)Oc3ccc(CC)cc3)cc2)cc1. The first kappa shape index (κ1) is 25.6. The average molecular weight is 475 g/mol. The Morgan fingerprint density at radius 3 is 1.41 bits per heavy atom. The van der Waals surface area contributed by atoms with Gasteiger partial charge in [-0.15, -0.1) is 0 Å². The van der Waals surface area contributed by atoms with Crippen LogP contribution in [0.25, 0.3) is 0 Å². The van der Waals surface area contributed by atoms with Crippen LogP contribution in [0.5, 0.6) is 11.5 Å². The molecule has 0 atom stereocenters. The fourth-order valence-corrected chi connectivity index (χ4v) is 3.55. The number of rotatable bonds is 12. The van der Waals surface area contributed by atoms with Gasteiger partial charge in [0, 0.05) is 0 Å². The van der Waals surface area contributed by atoms with Gasteiger partial charge in [-0.2, -0.15) is 17.6 Å². The van der Waals surface area contributed by atoms with E-state index >= 15 is 0 Å². The van der Waals surface area contributed by atoms with E-state index in [0.29, 0.717) is 0 Å². The fourth-order valence-electron chi connectivity index (χ4n) is 3.55. The second-order valence-electron chi connectivity index (χ2n) is 8.27. The summed E-state index contributed by atoms with van der Waals surface area (Å²) in [7, 11) is 0. The molecule has 0 aliphatic heterocycles. The van der Waals surface area contributed by atoms with Crippen LogP contribution in [0.3, 0.4) is 0 Å². The first-order valence-electron chi connectivity index (χ1n) is 11.7. The lowest BCUT2D eigenvalue weighted by molar-refractivity contribution is -0.188. The second kappa shape index (κ2) is 11.4. The maximum Gasteiger partial charge on any atom is 0.426 e. The van der Waals surface area contributed by atoms with E-state index < -0.39 is 23.3 Å². The van der Waals surface area contributed by atoms with E-state index in [0.717, 1.165) is 67.5 Å². The minimum absolute atomic E-state index is 0.00579. The molecule has 0 unspecified atom stereocenters. The summed E-state index contributed by atoms with van der Waals surface area (Å²) in [5.74, 6) is 0.00400. The van der Waals surface area contributed by atoms with Gasteiger partial charge in [0.1, 0.15) is 11.5 Å². The van der Waals surface area contributed by atoms with Crippen molar-refractivity contribution in [2.24, 2.45) is 0 Å². The van der Waals surface area contributed by atoms with Crippen molar-refractivity contribution in [3.8, 4) is 11.5 Å². The van der Waals surface area contributed by atoms with Gasteiger partial charge in [0.05, 0.1) is 11.1 Å². The fraction of sp³-hybridized carbons (Fsp3) is 0.357. The maximum absolute atomic E-state index is 14.6. The Hall–Kier alpha value is -3.02. The van der Waals surface area contributed by atoms with Gasteiger partial charge in [-0.1, -0.05) is 57.4 Å². The third-order valence-corrected chi connectivity index (χ3v) is 5.62. The van der Waals surface area contributed by atoms with E-state index in [2.05, 4.69) is 6.92 Å². The molecule has 0 radical (unpaired) electrons. The topological polar surface area (TPSA) is 18.5 Å². The molecule has 0 amide bonds. The van der Waals surface area contributed by atoms with Crippen molar-refractivity contribution < 1.29 is 27.0 Å². The molecule has 0 fully saturated rings. The molecule has 0 aliphatic carbocycles. The van der Waals surface area contributed by atoms with E-state index in [1.54, 1.807) is 24.3 Å². The van der Waals surface area contributed by atoms with Crippen LogP contribution < -0.4 is 9.47 Å². The smallest absolute Gasteiger partial charge is 0.426 e. The van der Waals surface area contributed by atoms with Gasteiger partial charge in [-0.3, -0.25) is 0 Å². The highest BCUT2D eigenvalue weighted by molar-refractivity contribution is 5.32. The molecule has 0 saturated carbocycles. The van der Waals surface area contributed by atoms with Crippen molar-refractivity contribution >= 4 is 0 Å². The molecule has 6 heteroatoms. The largest absolute Gasteiger partial charge is 0.429 e. The molecular weight excluding hydrogens is 444 g/mol. The third kappa shape index (κ3) is 6.99. The van der Waals surface area contributed by atoms with Crippen LogP contribution in [0.1, 0.15) is 61.8 Å². The van der Waals surface area contributed by atoms with E-state index in [-0.39, 0.29) is 11.5 Å². The summed E-state index contributed by atoms with van der Waals surface area (Å²) >= 11 is 0. The summed E-state index contributed by atoms with van der Waals surface area (Å²) in [6.07, 6.45) is -1.17. The Bertz CT molecular complexity index is 1010. The first-order chi connectivity index (χ1) is 16.2. The molecule has 34 heavy (non-hydrogen) atoms. The molecule has 3 rings (SSSR count). The van der Waals surface area contributed by atoms with Gasteiger partial charge in [0.15, 0.2) is 0 Å². The van der Waals surface area contributed by atoms with E-state index in [1.165, 1.54) is 30.7 Å². The minimum atomic E-state index is -3.67. The number of hydrogen-bond acceptors (Lipinski definition) is 2. The number of hydrogen-bond donors (Lipinski definition) is 0. The lowest BCUT2D eigenvalue weighted by atomic mass is 10.1. The summed E-state index contributed by atoms with van der Waals surface area (Å²) < 4.78 is 68.0. The van der Waals surface area contributed by atoms with Gasteiger partial charge in [-0.25, -0.2) is 0 Å². The predicted molar refractivity (Wildman–Crippen MR) is 126 cm³/mol. The highest BCUT2D eigenvalue weighted by Gasteiger charge is 2.38. The highest BCUT2D eigenvalue weighted by Crippen LogP contribution is 2.35. The van der Waals surface area contributed by atoms with E-state index in [9.17, 15) is 17.6 Å². The molecule has 2 nitrogen and oxygen atoms in total. The molecule has 0 heterocycles. The molecule has 0 bridgehead atoms. The predicted octanol–water partition coefficient (Wildman–Crippen LogP) is 8.63. The van der Waals surface area contributed by atoms with Crippen LogP contribution in [0, 0.1) is 0 Å². The lowest BCUT2D eigenvalue weighted by Crippen LogP contribution is -2.24. The monoisotopic (exact) mass is 474 g/mol. The number of aryl methyl sites for hydroxylation is 2. The van der Waals surface area contributed by atoms with Crippen molar-refractivity contribution in [1.29, 1.82) is 0 Å². The number of benzene rings is 3. The molecule has 0 spiro atoms. The Morgan fingerprint density at radius 2 is 1.00 bits per heavy atom. The molecular formula is C28H30F4O2. The van der Waals surface area contributed by atoms with Crippen LogP contribution in [0.15, 0.2) is 72.8 Å². The molecule has 0 aromatic heterocycles. The van der Waals surface area contributed by atoms with Gasteiger partial charge in [0.2, 0.25) is 0 Å². The minimum Gasteiger partial charge on any atom is -0.429 e. The van der Waals surface area contributed by atoms with Crippen molar-refractivity contribution in [3.05, 3.63) is 95.1 Å². The van der Waals surface area contributed by atoms with Crippen LogP contribution in [-0.2, 0) is 25.1 Å². The number of alkyl halides is 4. The summed E-state index contributed by atoms with van der Waals surface area (Å²) in [6, 6.07) is 16.6. The van der Waals surface area contributed by atoms with Crippen LogP contribution in [-0.4, -0.2) is 0 Å². The van der Waals surface area contributed by atoms with E-state index in [4.69, 9.17) is 9.47 Å². The van der Waals surface area contributed by atoms with Gasteiger partial charge in [0.25, 0.3) is 0 Å². The Labute approximate surface area is 198 Å². The lowest BCUT2D eigenvalue weighted by Gasteiger charge is -2.21. The Kier molecular flexibility index (Phi) is 8.59. The average Bonchev–Trinajstić information content (AvgIpc) is 2.83. The van der Waals surface area contributed by atoms with E-state index in [1.807, 2.05) is 6.92 Å². The quantitative estimate of drug-likeness (QED) is 0.193. The third-order valence-electron chi connectivity index (χ3n) is 5.62. The number of halogens is 4. The van der Waals surface area contributed by atoms with Gasteiger partial charge >= 0.3 is 12.2 Å². The molecule has 0 saturated heterocycles. The van der Waals surface area contributed by atoms with Crippen molar-refractivity contribution in [2.45, 2.75) is 64.6 Å². The summed E-state index contributed by atoms with van der Waals surface area (Å²) in [4.78, 5) is 0. The molecule has 182 valence electrons. The van der Waals surface area contributed by atoms with Crippen molar-refractivity contribution in [3.63, 3.8) is 0 Å².